The zero-order chi connectivity index (χ0) is 9.64. The SMILES string of the molecule is C1=CCC(CCC2CC=CCO2)OC1. The van der Waals surface area contributed by atoms with Crippen molar-refractivity contribution in [3.05, 3.63) is 24.3 Å². The Balaban J connectivity index is 1.66. The molecule has 2 aliphatic heterocycles. The molecule has 0 radical (unpaired) electrons. The van der Waals surface area contributed by atoms with Crippen LogP contribution in [-0.4, -0.2) is 25.4 Å². The summed E-state index contributed by atoms with van der Waals surface area (Å²) in [6.07, 6.45) is 13.9. The van der Waals surface area contributed by atoms with Gasteiger partial charge < -0.3 is 9.47 Å². The lowest BCUT2D eigenvalue weighted by molar-refractivity contribution is 0.0240. The fourth-order valence-corrected chi connectivity index (χ4v) is 1.93. The van der Waals surface area contributed by atoms with Gasteiger partial charge in [-0.3, -0.25) is 0 Å². The maximum absolute atomic E-state index is 5.61. The molecule has 0 spiro atoms. The normalized spacial score (nSPS) is 32.0. The van der Waals surface area contributed by atoms with E-state index >= 15 is 0 Å². The molecule has 2 unspecified atom stereocenters. The fourth-order valence-electron chi connectivity index (χ4n) is 1.93. The lowest BCUT2D eigenvalue weighted by atomic mass is 10.0. The van der Waals surface area contributed by atoms with Crippen LogP contribution < -0.4 is 0 Å². The molecule has 2 heteroatoms. The third-order valence-electron chi connectivity index (χ3n) is 2.80. The Kier molecular flexibility index (Phi) is 3.78. The highest BCUT2D eigenvalue weighted by Gasteiger charge is 2.15. The van der Waals surface area contributed by atoms with E-state index in [0.717, 1.165) is 38.9 Å². The van der Waals surface area contributed by atoms with Crippen molar-refractivity contribution in [2.75, 3.05) is 13.2 Å². The molecule has 2 atom stereocenters. The van der Waals surface area contributed by atoms with Crippen molar-refractivity contribution in [3.63, 3.8) is 0 Å². The topological polar surface area (TPSA) is 18.5 Å². The van der Waals surface area contributed by atoms with E-state index < -0.39 is 0 Å². The van der Waals surface area contributed by atoms with E-state index in [2.05, 4.69) is 24.3 Å². The molecule has 14 heavy (non-hydrogen) atoms. The molecule has 0 aromatic heterocycles. The highest BCUT2D eigenvalue weighted by atomic mass is 16.5. The molecule has 2 rings (SSSR count). The second kappa shape index (κ2) is 5.32. The van der Waals surface area contributed by atoms with Crippen molar-refractivity contribution < 1.29 is 9.47 Å². The maximum atomic E-state index is 5.61. The van der Waals surface area contributed by atoms with Crippen molar-refractivity contribution >= 4 is 0 Å². The molecule has 0 bridgehead atoms. The fraction of sp³-hybridized carbons (Fsp3) is 0.667. The molecule has 0 aromatic rings. The van der Waals surface area contributed by atoms with Gasteiger partial charge in [-0.25, -0.2) is 0 Å². The van der Waals surface area contributed by atoms with Crippen molar-refractivity contribution in [1.82, 2.24) is 0 Å². The molecule has 2 heterocycles. The summed E-state index contributed by atoms with van der Waals surface area (Å²) in [4.78, 5) is 0. The summed E-state index contributed by atoms with van der Waals surface area (Å²) in [5, 5.41) is 0. The summed E-state index contributed by atoms with van der Waals surface area (Å²) in [5.41, 5.74) is 0. The van der Waals surface area contributed by atoms with E-state index in [-0.39, 0.29) is 0 Å². The molecule has 0 fully saturated rings. The van der Waals surface area contributed by atoms with E-state index in [9.17, 15) is 0 Å². The van der Waals surface area contributed by atoms with E-state index in [4.69, 9.17) is 9.47 Å². The van der Waals surface area contributed by atoms with Crippen LogP contribution >= 0.6 is 0 Å². The van der Waals surface area contributed by atoms with E-state index in [0.29, 0.717) is 12.2 Å². The van der Waals surface area contributed by atoms with E-state index in [1.165, 1.54) is 0 Å². The van der Waals surface area contributed by atoms with Gasteiger partial charge in [0.05, 0.1) is 25.4 Å². The molecule has 2 aliphatic rings. The zero-order valence-corrected chi connectivity index (χ0v) is 8.52. The lowest BCUT2D eigenvalue weighted by Crippen LogP contribution is -2.21. The Labute approximate surface area is 85.6 Å². The average Bonchev–Trinajstić information content (AvgIpc) is 2.29. The molecular formula is C12H18O2. The number of hydrogen-bond acceptors (Lipinski definition) is 2. The molecule has 0 N–H and O–H groups in total. The van der Waals surface area contributed by atoms with E-state index in [1.54, 1.807) is 0 Å². The molecule has 0 saturated heterocycles. The second-order valence-corrected chi connectivity index (χ2v) is 3.90. The molecule has 0 aliphatic carbocycles. The summed E-state index contributed by atoms with van der Waals surface area (Å²) in [6, 6.07) is 0. The zero-order valence-electron chi connectivity index (χ0n) is 8.52. The van der Waals surface area contributed by atoms with Gasteiger partial charge in [-0.15, -0.1) is 0 Å². The average molecular weight is 194 g/mol. The molecule has 0 saturated carbocycles. The van der Waals surface area contributed by atoms with Crippen molar-refractivity contribution in [2.45, 2.75) is 37.9 Å². The largest absolute Gasteiger partial charge is 0.374 e. The van der Waals surface area contributed by atoms with Crippen LogP contribution in [-0.2, 0) is 9.47 Å². The lowest BCUT2D eigenvalue weighted by Gasteiger charge is -2.23. The predicted octanol–water partition coefficient (Wildman–Crippen LogP) is 2.46. The summed E-state index contributed by atoms with van der Waals surface area (Å²) < 4.78 is 11.2. The monoisotopic (exact) mass is 194 g/mol. The first-order valence-corrected chi connectivity index (χ1v) is 5.48. The Bertz CT molecular complexity index is 196. The van der Waals surface area contributed by atoms with Crippen LogP contribution in [0.2, 0.25) is 0 Å². The van der Waals surface area contributed by atoms with Crippen molar-refractivity contribution in [1.29, 1.82) is 0 Å². The standard InChI is InChI=1S/C12H18O2/c1-3-9-13-11(5-1)7-8-12-6-2-4-10-14-12/h1-4,11-12H,5-10H2. The molecule has 2 nitrogen and oxygen atoms in total. The van der Waals surface area contributed by atoms with Crippen LogP contribution in [0.4, 0.5) is 0 Å². The minimum absolute atomic E-state index is 0.425. The first kappa shape index (κ1) is 9.94. The van der Waals surface area contributed by atoms with Gasteiger partial charge >= 0.3 is 0 Å². The first-order valence-electron chi connectivity index (χ1n) is 5.48. The molecular weight excluding hydrogens is 176 g/mol. The molecule has 0 aromatic carbocycles. The van der Waals surface area contributed by atoms with Crippen LogP contribution in [0.1, 0.15) is 25.7 Å². The van der Waals surface area contributed by atoms with Crippen LogP contribution in [0.25, 0.3) is 0 Å². The Hall–Kier alpha value is -0.600. The third-order valence-corrected chi connectivity index (χ3v) is 2.80. The van der Waals surface area contributed by atoms with Crippen molar-refractivity contribution in [2.24, 2.45) is 0 Å². The van der Waals surface area contributed by atoms with Gasteiger partial charge in [0.1, 0.15) is 0 Å². The second-order valence-electron chi connectivity index (χ2n) is 3.90. The number of ether oxygens (including phenoxy) is 2. The van der Waals surface area contributed by atoms with Crippen LogP contribution in [0.15, 0.2) is 24.3 Å². The van der Waals surface area contributed by atoms with Gasteiger partial charge in [0, 0.05) is 0 Å². The first-order chi connectivity index (χ1) is 6.95. The predicted molar refractivity (Wildman–Crippen MR) is 56.2 cm³/mol. The highest BCUT2D eigenvalue weighted by Crippen LogP contribution is 2.18. The van der Waals surface area contributed by atoms with Gasteiger partial charge in [-0.2, -0.15) is 0 Å². The van der Waals surface area contributed by atoms with Crippen LogP contribution in [0.3, 0.4) is 0 Å². The van der Waals surface area contributed by atoms with Gasteiger partial charge in [-0.1, -0.05) is 24.3 Å². The van der Waals surface area contributed by atoms with Crippen LogP contribution in [0.5, 0.6) is 0 Å². The van der Waals surface area contributed by atoms with Gasteiger partial charge in [0.15, 0.2) is 0 Å². The Morgan fingerprint density at radius 3 is 1.64 bits per heavy atom. The van der Waals surface area contributed by atoms with Gasteiger partial charge in [0.25, 0.3) is 0 Å². The number of rotatable bonds is 3. The van der Waals surface area contributed by atoms with Gasteiger partial charge in [-0.05, 0) is 25.7 Å². The summed E-state index contributed by atoms with van der Waals surface area (Å²) >= 11 is 0. The minimum Gasteiger partial charge on any atom is -0.374 e. The molecule has 0 amide bonds. The van der Waals surface area contributed by atoms with Crippen LogP contribution in [0, 0.1) is 0 Å². The van der Waals surface area contributed by atoms with E-state index in [1.807, 2.05) is 0 Å². The minimum atomic E-state index is 0.425. The Morgan fingerprint density at radius 2 is 1.29 bits per heavy atom. The highest BCUT2D eigenvalue weighted by molar-refractivity contribution is 4.91. The summed E-state index contributed by atoms with van der Waals surface area (Å²) in [7, 11) is 0. The Morgan fingerprint density at radius 1 is 0.786 bits per heavy atom. The summed E-state index contributed by atoms with van der Waals surface area (Å²) in [5.74, 6) is 0. The third kappa shape index (κ3) is 2.96. The molecule has 78 valence electrons. The maximum Gasteiger partial charge on any atom is 0.0651 e. The van der Waals surface area contributed by atoms with Gasteiger partial charge in [0.2, 0.25) is 0 Å². The quantitative estimate of drug-likeness (QED) is 0.642. The summed E-state index contributed by atoms with van der Waals surface area (Å²) in [6.45, 7) is 1.58. The number of hydrogen-bond donors (Lipinski definition) is 0. The smallest absolute Gasteiger partial charge is 0.0651 e. The van der Waals surface area contributed by atoms with Crippen molar-refractivity contribution in [3.8, 4) is 0 Å².